The van der Waals surface area contributed by atoms with E-state index in [1.165, 1.54) is 0 Å². The van der Waals surface area contributed by atoms with Crippen LogP contribution < -0.4 is 0 Å². The molecule has 0 N–H and O–H groups in total. The second-order valence-electron chi connectivity index (χ2n) is 3.00. The molecule has 0 rings (SSSR count). The zero-order valence-corrected chi connectivity index (χ0v) is 10.4. The molecule has 0 radical (unpaired) electrons. The van der Waals surface area contributed by atoms with Crippen LogP contribution >= 0.6 is 34.8 Å². The number of alkyl halides is 3. The summed E-state index contributed by atoms with van der Waals surface area (Å²) in [5, 5.41) is -0.235. The first-order valence-electron chi connectivity index (χ1n) is 4.70. The van der Waals surface area contributed by atoms with Crippen LogP contribution in [-0.4, -0.2) is 16.1 Å². The van der Waals surface area contributed by atoms with Gasteiger partial charge in [-0.25, -0.2) is 0 Å². The predicted molar refractivity (Wildman–Crippen MR) is 63.3 cm³/mol. The number of halogens is 3. The quantitative estimate of drug-likeness (QED) is 0.473. The normalized spacial score (nSPS) is 18.8. The van der Waals surface area contributed by atoms with Gasteiger partial charge in [0.25, 0.3) is 0 Å². The van der Waals surface area contributed by atoms with Crippen LogP contribution in [0.15, 0.2) is 12.2 Å². The summed E-state index contributed by atoms with van der Waals surface area (Å²) in [6.07, 6.45) is 6.85. The molecule has 3 unspecified atom stereocenters. The summed E-state index contributed by atoms with van der Waals surface area (Å²) < 4.78 is 0. The molecule has 0 aromatic heterocycles. The Kier molecular flexibility index (Phi) is 8.34. The first kappa shape index (κ1) is 13.6. The van der Waals surface area contributed by atoms with Gasteiger partial charge in [0.05, 0.1) is 16.1 Å². The van der Waals surface area contributed by atoms with Crippen molar-refractivity contribution in [1.82, 2.24) is 0 Å². The van der Waals surface area contributed by atoms with E-state index >= 15 is 0 Å². The topological polar surface area (TPSA) is 0 Å². The Hall–Kier alpha value is 0.610. The van der Waals surface area contributed by atoms with Crippen LogP contribution in [0, 0.1) is 0 Å². The van der Waals surface area contributed by atoms with Gasteiger partial charge in [-0.1, -0.05) is 26.0 Å². The molecule has 0 aromatic carbocycles. The van der Waals surface area contributed by atoms with Crippen LogP contribution in [0.25, 0.3) is 0 Å². The smallest absolute Gasteiger partial charge is 0.0666 e. The number of allylic oxidation sites excluding steroid dienone is 2. The molecule has 0 aliphatic rings. The van der Waals surface area contributed by atoms with Crippen molar-refractivity contribution in [2.24, 2.45) is 0 Å². The lowest BCUT2D eigenvalue weighted by atomic mass is 10.1. The van der Waals surface area contributed by atoms with Crippen LogP contribution in [0.4, 0.5) is 0 Å². The van der Waals surface area contributed by atoms with Gasteiger partial charge >= 0.3 is 0 Å². The minimum absolute atomic E-state index is 0.0285. The van der Waals surface area contributed by atoms with Crippen molar-refractivity contribution < 1.29 is 0 Å². The first-order chi connectivity index (χ1) is 6.13. The third kappa shape index (κ3) is 5.83. The van der Waals surface area contributed by atoms with Crippen molar-refractivity contribution in [1.29, 1.82) is 0 Å². The second kappa shape index (κ2) is 7.96. The summed E-state index contributed by atoms with van der Waals surface area (Å²) in [5.41, 5.74) is 0. The average Bonchev–Trinajstić information content (AvgIpc) is 2.15. The summed E-state index contributed by atoms with van der Waals surface area (Å²) in [6, 6.07) is 0. The monoisotopic (exact) mass is 242 g/mol. The van der Waals surface area contributed by atoms with E-state index < -0.39 is 0 Å². The zero-order chi connectivity index (χ0) is 10.3. The Morgan fingerprint density at radius 1 is 1.00 bits per heavy atom. The predicted octanol–water partition coefficient (Wildman–Crippen LogP) is 4.57. The Morgan fingerprint density at radius 2 is 1.62 bits per heavy atom. The van der Waals surface area contributed by atoms with Crippen molar-refractivity contribution >= 4 is 34.8 Å². The van der Waals surface area contributed by atoms with Gasteiger partial charge in [0.15, 0.2) is 0 Å². The molecule has 0 fully saturated rings. The van der Waals surface area contributed by atoms with Crippen molar-refractivity contribution in [2.75, 3.05) is 0 Å². The molecule has 0 bridgehead atoms. The van der Waals surface area contributed by atoms with Crippen molar-refractivity contribution in [3.63, 3.8) is 0 Å². The molecule has 0 amide bonds. The van der Waals surface area contributed by atoms with E-state index in [0.717, 1.165) is 19.3 Å². The van der Waals surface area contributed by atoms with Crippen molar-refractivity contribution in [2.45, 2.75) is 49.2 Å². The maximum Gasteiger partial charge on any atom is 0.0666 e. The van der Waals surface area contributed by atoms with E-state index in [9.17, 15) is 0 Å². The second-order valence-corrected chi connectivity index (χ2v) is 4.63. The summed E-state index contributed by atoms with van der Waals surface area (Å²) in [5.74, 6) is 0. The molecule has 0 saturated carbocycles. The van der Waals surface area contributed by atoms with Crippen molar-refractivity contribution in [3.8, 4) is 0 Å². The molecule has 0 aromatic rings. The lowest BCUT2D eigenvalue weighted by molar-refractivity contribution is 0.698. The van der Waals surface area contributed by atoms with E-state index in [0.29, 0.717) is 0 Å². The van der Waals surface area contributed by atoms with Gasteiger partial charge in [0.2, 0.25) is 0 Å². The van der Waals surface area contributed by atoms with Gasteiger partial charge in [0, 0.05) is 0 Å². The Morgan fingerprint density at radius 3 is 2.08 bits per heavy atom. The molecule has 3 heteroatoms. The highest BCUT2D eigenvalue weighted by atomic mass is 35.5. The molecular weight excluding hydrogens is 226 g/mol. The maximum absolute atomic E-state index is 6.07. The van der Waals surface area contributed by atoms with E-state index in [4.69, 9.17) is 34.8 Å². The molecule has 13 heavy (non-hydrogen) atoms. The van der Waals surface area contributed by atoms with Gasteiger partial charge in [-0.05, 0) is 19.3 Å². The lowest BCUT2D eigenvalue weighted by Crippen LogP contribution is -2.24. The molecule has 0 spiro atoms. The van der Waals surface area contributed by atoms with Gasteiger partial charge in [-0.15, -0.1) is 34.8 Å². The molecule has 3 atom stereocenters. The van der Waals surface area contributed by atoms with Crippen LogP contribution in [0.1, 0.15) is 33.1 Å². The first-order valence-corrected chi connectivity index (χ1v) is 6.01. The zero-order valence-electron chi connectivity index (χ0n) is 8.14. The average molecular weight is 244 g/mol. The van der Waals surface area contributed by atoms with Crippen molar-refractivity contribution in [3.05, 3.63) is 12.2 Å². The molecule has 0 saturated heterocycles. The number of hydrogen-bond acceptors (Lipinski definition) is 0. The maximum atomic E-state index is 6.07. The molecule has 0 aliphatic carbocycles. The summed E-state index contributed by atoms with van der Waals surface area (Å²) in [4.78, 5) is 0. The molecule has 0 heterocycles. The molecular formula is C10H17Cl3. The number of rotatable bonds is 6. The van der Waals surface area contributed by atoms with E-state index in [1.807, 2.05) is 6.92 Å². The summed E-state index contributed by atoms with van der Waals surface area (Å²) >= 11 is 18.1. The summed E-state index contributed by atoms with van der Waals surface area (Å²) in [7, 11) is 0. The minimum Gasteiger partial charge on any atom is -0.121 e. The third-order valence-corrected chi connectivity index (χ3v) is 3.74. The molecule has 78 valence electrons. The van der Waals surface area contributed by atoms with E-state index in [2.05, 4.69) is 19.1 Å². The fourth-order valence-electron chi connectivity index (χ4n) is 0.975. The highest BCUT2D eigenvalue weighted by molar-refractivity contribution is 6.35. The molecule has 0 aliphatic heterocycles. The van der Waals surface area contributed by atoms with E-state index in [-0.39, 0.29) is 16.1 Å². The van der Waals surface area contributed by atoms with Crippen LogP contribution in [0.2, 0.25) is 0 Å². The third-order valence-electron chi connectivity index (χ3n) is 1.84. The Balaban J connectivity index is 3.81. The van der Waals surface area contributed by atoms with Gasteiger partial charge in [-0.3, -0.25) is 0 Å². The van der Waals surface area contributed by atoms with Gasteiger partial charge in [-0.2, -0.15) is 0 Å². The Bertz CT molecular complexity index is 145. The van der Waals surface area contributed by atoms with Gasteiger partial charge < -0.3 is 0 Å². The molecule has 0 nitrogen and oxygen atoms in total. The Labute approximate surface area is 96.2 Å². The highest BCUT2D eigenvalue weighted by Gasteiger charge is 2.22. The summed E-state index contributed by atoms with van der Waals surface area (Å²) in [6.45, 7) is 4.10. The van der Waals surface area contributed by atoms with Crippen LogP contribution in [0.3, 0.4) is 0 Å². The minimum atomic E-state index is -0.144. The lowest BCUT2D eigenvalue weighted by Gasteiger charge is -2.18. The van der Waals surface area contributed by atoms with Gasteiger partial charge in [0.1, 0.15) is 0 Å². The fraction of sp³-hybridized carbons (Fsp3) is 0.800. The SMILES string of the molecule is CCC=CCC(Cl)C(Cl)C(Cl)CC. The van der Waals surface area contributed by atoms with Crippen LogP contribution in [0.5, 0.6) is 0 Å². The highest BCUT2D eigenvalue weighted by Crippen LogP contribution is 2.23. The number of hydrogen-bond donors (Lipinski definition) is 0. The van der Waals surface area contributed by atoms with E-state index in [1.54, 1.807) is 0 Å². The van der Waals surface area contributed by atoms with Crippen LogP contribution in [-0.2, 0) is 0 Å². The largest absolute Gasteiger partial charge is 0.121 e. The standard InChI is InChI=1S/C10H17Cl3/c1-3-5-6-7-9(12)10(13)8(11)4-2/h5-6,8-10H,3-4,7H2,1-2H3. The fourth-order valence-corrected chi connectivity index (χ4v) is 1.78.